The molecule has 0 atom stereocenters. The summed E-state index contributed by atoms with van der Waals surface area (Å²) in [4.78, 5) is 35.1. The van der Waals surface area contributed by atoms with Crippen LogP contribution in [0.15, 0.2) is 36.7 Å². The minimum Gasteiger partial charge on any atom is -0.404 e. The highest BCUT2D eigenvalue weighted by Gasteiger charge is 2.51. The van der Waals surface area contributed by atoms with Gasteiger partial charge in [0.2, 0.25) is 5.91 Å². The van der Waals surface area contributed by atoms with E-state index in [1.54, 1.807) is 23.1 Å². The van der Waals surface area contributed by atoms with Gasteiger partial charge in [0.15, 0.2) is 5.82 Å². The number of nitrogens with two attached hydrogens (primary N) is 1. The van der Waals surface area contributed by atoms with Gasteiger partial charge >= 0.3 is 0 Å². The summed E-state index contributed by atoms with van der Waals surface area (Å²) in [6.07, 6.45) is 6.38. The van der Waals surface area contributed by atoms with Crippen molar-refractivity contribution in [1.29, 1.82) is 0 Å². The maximum absolute atomic E-state index is 12.8. The zero-order chi connectivity index (χ0) is 19.0. The van der Waals surface area contributed by atoms with Crippen molar-refractivity contribution in [3.63, 3.8) is 0 Å². The number of nitrogens with one attached hydrogen (secondary N) is 1. The largest absolute Gasteiger partial charge is 0.404 e. The summed E-state index contributed by atoms with van der Waals surface area (Å²) in [6.45, 7) is 0.497. The van der Waals surface area contributed by atoms with E-state index >= 15 is 0 Å². The molecule has 1 aliphatic heterocycles. The predicted octanol–water partition coefficient (Wildman–Crippen LogP) is 0.572. The molecule has 1 fully saturated rings. The van der Waals surface area contributed by atoms with Gasteiger partial charge in [-0.25, -0.2) is 9.97 Å². The quantitative estimate of drug-likeness (QED) is 0.776. The molecule has 2 aliphatic rings. The molecule has 2 amide bonds. The Kier molecular flexibility index (Phi) is 4.18. The Morgan fingerprint density at radius 1 is 1.41 bits per heavy atom. The van der Waals surface area contributed by atoms with Crippen LogP contribution in [0.2, 0.25) is 0 Å². The van der Waals surface area contributed by atoms with E-state index in [0.717, 1.165) is 18.4 Å². The zero-order valence-electron chi connectivity index (χ0n) is 14.7. The van der Waals surface area contributed by atoms with Gasteiger partial charge in [0, 0.05) is 25.1 Å². The van der Waals surface area contributed by atoms with Crippen LogP contribution in [0.3, 0.4) is 0 Å². The van der Waals surface area contributed by atoms with Gasteiger partial charge in [0.1, 0.15) is 20.2 Å². The molecule has 4 rings (SSSR count). The van der Waals surface area contributed by atoms with Crippen molar-refractivity contribution >= 4 is 37.0 Å². The Morgan fingerprint density at radius 3 is 2.96 bits per heavy atom. The topological polar surface area (TPSA) is 101 Å². The van der Waals surface area contributed by atoms with Gasteiger partial charge in [-0.1, -0.05) is 17.6 Å². The first kappa shape index (κ1) is 17.3. The molecule has 1 aromatic carbocycles. The first-order chi connectivity index (χ1) is 13.0. The molecule has 136 valence electrons. The van der Waals surface area contributed by atoms with Gasteiger partial charge in [-0.3, -0.25) is 9.59 Å². The molecular formula is C19H20BN5O2. The molecular weight excluding hydrogens is 341 g/mol. The lowest BCUT2D eigenvalue weighted by atomic mass is 9.82. The number of rotatable bonds is 4. The molecule has 2 heterocycles. The van der Waals surface area contributed by atoms with Crippen LogP contribution in [0.5, 0.6) is 0 Å². The van der Waals surface area contributed by atoms with Gasteiger partial charge in [-0.15, -0.1) is 0 Å². The van der Waals surface area contributed by atoms with Crippen molar-refractivity contribution in [2.24, 2.45) is 5.73 Å². The van der Waals surface area contributed by atoms with Crippen LogP contribution in [0, 0.1) is 0 Å². The summed E-state index contributed by atoms with van der Waals surface area (Å²) in [7, 11) is 5.90. The molecule has 3 N–H and O–H groups in total. The third-order valence-electron chi connectivity index (χ3n) is 5.00. The van der Waals surface area contributed by atoms with Crippen LogP contribution >= 0.6 is 0 Å². The number of hydrogen-bond acceptors (Lipinski definition) is 5. The van der Waals surface area contributed by atoms with Crippen LogP contribution < -0.4 is 16.5 Å². The molecule has 1 saturated carbocycles. The fraction of sp³-hybridized carbons (Fsp3) is 0.263. The molecule has 2 aromatic rings. The Bertz CT molecular complexity index is 961. The van der Waals surface area contributed by atoms with Crippen molar-refractivity contribution in [3.05, 3.63) is 53.6 Å². The second-order valence-corrected chi connectivity index (χ2v) is 6.95. The molecule has 0 unspecified atom stereocenters. The van der Waals surface area contributed by atoms with Gasteiger partial charge in [0.05, 0.1) is 0 Å². The summed E-state index contributed by atoms with van der Waals surface area (Å²) in [5, 5.41) is 2.71. The van der Waals surface area contributed by atoms with E-state index < -0.39 is 0 Å². The molecule has 1 aromatic heterocycles. The number of aromatic nitrogens is 2. The average molecular weight is 361 g/mol. The fourth-order valence-electron chi connectivity index (χ4n) is 3.55. The van der Waals surface area contributed by atoms with Gasteiger partial charge < -0.3 is 16.0 Å². The standard InChI is InChI=1S/C19H18BN5O2.H2/c20-12-1-2-13-14(9-12)19(5-6-19)11-25(18(13)27)10-17(26)24-16-4-8-22-15(23-16)3-7-21;/h1-4,7-9H,5-6,10-11,21H2,(H,22,23,24,26);1H/b7-3-;. The fourth-order valence-corrected chi connectivity index (χ4v) is 3.55. The first-order valence-electron chi connectivity index (χ1n) is 8.71. The highest BCUT2D eigenvalue weighted by Crippen LogP contribution is 2.51. The minimum atomic E-state index is -0.306. The number of anilines is 1. The van der Waals surface area contributed by atoms with Gasteiger partial charge in [-0.2, -0.15) is 0 Å². The molecule has 1 aliphatic carbocycles. The third-order valence-corrected chi connectivity index (χ3v) is 5.00. The van der Waals surface area contributed by atoms with E-state index in [0.29, 0.717) is 29.2 Å². The van der Waals surface area contributed by atoms with Crippen LogP contribution in [0.1, 0.15) is 36.0 Å². The minimum absolute atomic E-state index is 0. The molecule has 8 heteroatoms. The van der Waals surface area contributed by atoms with Crippen molar-refractivity contribution in [3.8, 4) is 0 Å². The predicted molar refractivity (Wildman–Crippen MR) is 105 cm³/mol. The monoisotopic (exact) mass is 361 g/mol. The zero-order valence-corrected chi connectivity index (χ0v) is 14.7. The Labute approximate surface area is 159 Å². The summed E-state index contributed by atoms with van der Waals surface area (Å²) < 4.78 is 0. The van der Waals surface area contributed by atoms with Gasteiger partial charge in [0.25, 0.3) is 5.91 Å². The van der Waals surface area contributed by atoms with Crippen molar-refractivity contribution < 1.29 is 11.0 Å². The molecule has 2 radical (unpaired) electrons. The van der Waals surface area contributed by atoms with E-state index in [4.69, 9.17) is 13.6 Å². The molecule has 1 spiro atoms. The van der Waals surface area contributed by atoms with Crippen LogP contribution in [0.25, 0.3) is 6.08 Å². The number of amides is 2. The summed E-state index contributed by atoms with van der Waals surface area (Å²) in [5.74, 6) is 0.307. The maximum atomic E-state index is 12.8. The highest BCUT2D eigenvalue weighted by molar-refractivity contribution is 6.32. The molecule has 0 saturated heterocycles. The summed E-state index contributed by atoms with van der Waals surface area (Å²) in [6, 6.07) is 6.96. The molecule has 27 heavy (non-hydrogen) atoms. The van der Waals surface area contributed by atoms with E-state index in [9.17, 15) is 9.59 Å². The Hall–Kier alpha value is -3.16. The van der Waals surface area contributed by atoms with Crippen molar-refractivity contribution in [1.82, 2.24) is 14.9 Å². The lowest BCUT2D eigenvalue weighted by Crippen LogP contribution is -2.47. The Morgan fingerprint density at radius 2 is 2.22 bits per heavy atom. The number of benzene rings is 1. The highest BCUT2D eigenvalue weighted by atomic mass is 16.2. The van der Waals surface area contributed by atoms with E-state index in [1.165, 1.54) is 18.5 Å². The second kappa shape index (κ2) is 6.53. The van der Waals surface area contributed by atoms with Crippen molar-refractivity contribution in [2.75, 3.05) is 18.4 Å². The molecule has 7 nitrogen and oxygen atoms in total. The number of carbonyl (C=O) groups excluding carboxylic acids is 2. The van der Waals surface area contributed by atoms with E-state index in [2.05, 4.69) is 15.3 Å². The molecule has 0 bridgehead atoms. The average Bonchev–Trinajstić information content (AvgIpc) is 3.40. The van der Waals surface area contributed by atoms with Crippen LogP contribution in [0.4, 0.5) is 5.82 Å². The number of hydrogen-bond donors (Lipinski definition) is 2. The lowest BCUT2D eigenvalue weighted by molar-refractivity contribution is -0.117. The number of nitrogens with zero attached hydrogens (tertiary/aromatic N) is 3. The first-order valence-corrected chi connectivity index (χ1v) is 8.71. The summed E-state index contributed by atoms with van der Waals surface area (Å²) in [5.41, 5.74) is 7.57. The SMILES string of the molecule is [B]c1ccc2c(c1)C1(CC1)CN(CC(=O)Nc1ccnc(/C=C\N)n1)C2=O.[HH]. The van der Waals surface area contributed by atoms with Crippen LogP contribution in [-0.2, 0) is 10.2 Å². The van der Waals surface area contributed by atoms with E-state index in [1.807, 2.05) is 6.07 Å². The maximum Gasteiger partial charge on any atom is 0.254 e. The normalized spacial score (nSPS) is 17.2. The number of fused-ring (bicyclic) bond motifs is 2. The Balaban J connectivity index is 0.00000225. The second-order valence-electron chi connectivity index (χ2n) is 6.95. The van der Waals surface area contributed by atoms with E-state index in [-0.39, 0.29) is 25.2 Å². The number of carbonyl (C=O) groups is 2. The third kappa shape index (κ3) is 3.30. The van der Waals surface area contributed by atoms with Gasteiger partial charge in [-0.05, 0) is 42.8 Å². The lowest BCUT2D eigenvalue weighted by Gasteiger charge is -2.34. The summed E-state index contributed by atoms with van der Waals surface area (Å²) >= 11 is 0. The smallest absolute Gasteiger partial charge is 0.254 e. The van der Waals surface area contributed by atoms with Crippen LogP contribution in [-0.4, -0.2) is 47.6 Å². The van der Waals surface area contributed by atoms with Crippen molar-refractivity contribution in [2.45, 2.75) is 18.3 Å².